The Morgan fingerprint density at radius 2 is 1.76 bits per heavy atom. The van der Waals surface area contributed by atoms with Gasteiger partial charge in [-0.05, 0) is 54.3 Å². The van der Waals surface area contributed by atoms with Crippen LogP contribution in [0, 0.1) is 5.82 Å². The van der Waals surface area contributed by atoms with Crippen molar-refractivity contribution < 1.29 is 17.6 Å². The first-order valence-electron chi connectivity index (χ1n) is 8.66. The number of anilines is 2. The smallest absolute Gasteiger partial charge is 0.261 e. The summed E-state index contributed by atoms with van der Waals surface area (Å²) < 4.78 is 40.7. The van der Waals surface area contributed by atoms with Gasteiger partial charge in [-0.25, -0.2) is 17.8 Å². The van der Waals surface area contributed by atoms with E-state index in [0.29, 0.717) is 11.3 Å². The fourth-order valence-corrected chi connectivity index (χ4v) is 4.19. The summed E-state index contributed by atoms with van der Waals surface area (Å²) in [6, 6.07) is 14.2. The zero-order chi connectivity index (χ0) is 20.9. The fraction of sp³-hybridized carbons (Fsp3) is 0.100. The van der Waals surface area contributed by atoms with E-state index < -0.39 is 21.7 Å². The zero-order valence-electron chi connectivity index (χ0n) is 15.4. The van der Waals surface area contributed by atoms with Gasteiger partial charge in [0, 0.05) is 11.8 Å². The molecule has 0 fully saturated rings. The monoisotopic (exact) mass is 431 g/mol. The summed E-state index contributed by atoms with van der Waals surface area (Å²) in [6.07, 6.45) is 1.55. The highest BCUT2D eigenvalue weighted by Crippen LogP contribution is 2.25. The molecular formula is C20H18FN3O3S2. The van der Waals surface area contributed by atoms with Gasteiger partial charge < -0.3 is 5.32 Å². The molecule has 1 heterocycles. The molecule has 1 aromatic heterocycles. The predicted molar refractivity (Wildman–Crippen MR) is 112 cm³/mol. The number of carbonyl (C=O) groups excluding carboxylic acids is 1. The number of carbonyl (C=O) groups is 1. The van der Waals surface area contributed by atoms with Gasteiger partial charge in [0.1, 0.15) is 5.82 Å². The van der Waals surface area contributed by atoms with Gasteiger partial charge in [-0.15, -0.1) is 11.8 Å². The Labute approximate surface area is 172 Å². The number of hydrogen-bond acceptors (Lipinski definition) is 5. The Balaban J connectivity index is 1.83. The maximum Gasteiger partial charge on any atom is 0.261 e. The molecule has 6 nitrogen and oxygen atoms in total. The van der Waals surface area contributed by atoms with Crippen LogP contribution in [0.2, 0.25) is 0 Å². The largest absolute Gasteiger partial charge is 0.320 e. The van der Waals surface area contributed by atoms with Crippen LogP contribution in [0.5, 0.6) is 0 Å². The Morgan fingerprint density at radius 1 is 1.07 bits per heavy atom. The minimum absolute atomic E-state index is 0.0876. The van der Waals surface area contributed by atoms with Crippen molar-refractivity contribution in [2.24, 2.45) is 0 Å². The second kappa shape index (κ2) is 9.06. The average Bonchev–Trinajstić information content (AvgIpc) is 2.70. The third kappa shape index (κ3) is 5.33. The number of hydrogen-bond donors (Lipinski definition) is 2. The molecule has 150 valence electrons. The maximum atomic E-state index is 13.1. The molecule has 0 atom stereocenters. The van der Waals surface area contributed by atoms with E-state index in [0.717, 1.165) is 22.9 Å². The number of thioether (sulfide) groups is 1. The molecule has 0 aliphatic rings. The van der Waals surface area contributed by atoms with E-state index in [9.17, 15) is 17.6 Å². The third-order valence-corrected chi connectivity index (χ3v) is 6.02. The standard InChI is InChI=1S/C20H18FN3O3S2/c1-2-28-19-13-14(11-12-22-19)20(25)23-17-5-3-4-6-18(17)24-29(26,27)16-9-7-15(21)8-10-16/h3-13,24H,2H2,1H3,(H,23,25). The Bertz CT molecular complexity index is 1120. The number of sulfonamides is 1. The van der Waals surface area contributed by atoms with Crippen molar-refractivity contribution in [3.8, 4) is 0 Å². The van der Waals surface area contributed by atoms with Gasteiger partial charge in [-0.3, -0.25) is 9.52 Å². The zero-order valence-corrected chi connectivity index (χ0v) is 17.1. The van der Waals surface area contributed by atoms with Gasteiger partial charge >= 0.3 is 0 Å². The summed E-state index contributed by atoms with van der Waals surface area (Å²) in [6.45, 7) is 1.99. The normalized spacial score (nSPS) is 11.1. The van der Waals surface area contributed by atoms with Crippen molar-refractivity contribution in [1.29, 1.82) is 0 Å². The van der Waals surface area contributed by atoms with Crippen molar-refractivity contribution in [1.82, 2.24) is 4.98 Å². The van der Waals surface area contributed by atoms with Crippen LogP contribution in [-0.4, -0.2) is 25.1 Å². The van der Waals surface area contributed by atoms with E-state index in [-0.39, 0.29) is 10.6 Å². The molecule has 2 aromatic carbocycles. The summed E-state index contributed by atoms with van der Waals surface area (Å²) in [5.74, 6) is -0.0974. The van der Waals surface area contributed by atoms with E-state index in [1.165, 1.54) is 30.0 Å². The van der Waals surface area contributed by atoms with Crippen molar-refractivity contribution in [2.75, 3.05) is 15.8 Å². The number of nitrogens with zero attached hydrogens (tertiary/aromatic N) is 1. The number of pyridine rings is 1. The number of halogens is 1. The quantitative estimate of drug-likeness (QED) is 0.542. The van der Waals surface area contributed by atoms with Crippen LogP contribution >= 0.6 is 11.8 Å². The van der Waals surface area contributed by atoms with E-state index in [2.05, 4.69) is 15.0 Å². The van der Waals surface area contributed by atoms with Gasteiger partial charge in [0.2, 0.25) is 0 Å². The van der Waals surface area contributed by atoms with Crippen LogP contribution in [0.4, 0.5) is 15.8 Å². The van der Waals surface area contributed by atoms with Gasteiger partial charge in [0.15, 0.2) is 0 Å². The van der Waals surface area contributed by atoms with Crippen LogP contribution in [-0.2, 0) is 10.0 Å². The topological polar surface area (TPSA) is 88.2 Å². The molecule has 2 N–H and O–H groups in total. The Hall–Kier alpha value is -2.91. The molecule has 0 saturated heterocycles. The molecule has 0 saturated carbocycles. The molecule has 29 heavy (non-hydrogen) atoms. The molecule has 1 amide bonds. The minimum Gasteiger partial charge on any atom is -0.320 e. The van der Waals surface area contributed by atoms with Crippen molar-refractivity contribution in [2.45, 2.75) is 16.8 Å². The molecule has 3 aromatic rings. The second-order valence-electron chi connectivity index (χ2n) is 5.87. The summed E-state index contributed by atoms with van der Waals surface area (Å²) in [5, 5.41) is 3.44. The fourth-order valence-electron chi connectivity index (χ4n) is 2.47. The van der Waals surface area contributed by atoms with E-state index in [1.807, 2.05) is 6.92 Å². The molecular weight excluding hydrogens is 413 g/mol. The molecule has 3 rings (SSSR count). The van der Waals surface area contributed by atoms with Crippen LogP contribution in [0.3, 0.4) is 0 Å². The molecule has 0 aliphatic heterocycles. The highest BCUT2D eigenvalue weighted by molar-refractivity contribution is 7.99. The van der Waals surface area contributed by atoms with Crippen molar-refractivity contribution in [3.05, 3.63) is 78.2 Å². The SMILES string of the molecule is CCSc1cc(C(=O)Nc2ccccc2NS(=O)(=O)c2ccc(F)cc2)ccn1. The van der Waals surface area contributed by atoms with Gasteiger partial charge in [0.05, 0.1) is 21.3 Å². The summed E-state index contributed by atoms with van der Waals surface area (Å²) in [7, 11) is -3.95. The maximum absolute atomic E-state index is 13.1. The predicted octanol–water partition coefficient (Wildman–Crippen LogP) is 4.39. The first kappa shape index (κ1) is 20.8. The first-order chi connectivity index (χ1) is 13.9. The highest BCUT2D eigenvalue weighted by atomic mass is 32.2. The lowest BCUT2D eigenvalue weighted by molar-refractivity contribution is 0.102. The van der Waals surface area contributed by atoms with Crippen molar-refractivity contribution >= 4 is 39.1 Å². The molecule has 0 unspecified atom stereocenters. The lowest BCUT2D eigenvalue weighted by atomic mass is 10.2. The molecule has 0 aliphatic carbocycles. The summed E-state index contributed by atoms with van der Waals surface area (Å²) in [5.41, 5.74) is 0.902. The summed E-state index contributed by atoms with van der Waals surface area (Å²) in [4.78, 5) is 16.7. The summed E-state index contributed by atoms with van der Waals surface area (Å²) >= 11 is 1.51. The number of benzene rings is 2. The average molecular weight is 432 g/mol. The molecule has 9 heteroatoms. The van der Waals surface area contributed by atoms with Crippen molar-refractivity contribution in [3.63, 3.8) is 0 Å². The minimum atomic E-state index is -3.95. The van der Waals surface area contributed by atoms with Gasteiger partial charge in [-0.1, -0.05) is 19.1 Å². The molecule has 0 radical (unpaired) electrons. The molecule has 0 bridgehead atoms. The van der Waals surface area contributed by atoms with Crippen LogP contribution in [0.1, 0.15) is 17.3 Å². The van der Waals surface area contributed by atoms with Crippen LogP contribution in [0.25, 0.3) is 0 Å². The van der Waals surface area contributed by atoms with Gasteiger partial charge in [0.25, 0.3) is 15.9 Å². The lowest BCUT2D eigenvalue weighted by Crippen LogP contribution is -2.17. The second-order valence-corrected chi connectivity index (χ2v) is 8.84. The van der Waals surface area contributed by atoms with Crippen LogP contribution in [0.15, 0.2) is 76.8 Å². The van der Waals surface area contributed by atoms with E-state index >= 15 is 0 Å². The number of amides is 1. The number of aromatic nitrogens is 1. The molecule has 0 spiro atoms. The van der Waals surface area contributed by atoms with E-state index in [4.69, 9.17) is 0 Å². The Kier molecular flexibility index (Phi) is 6.50. The van der Waals surface area contributed by atoms with Crippen LogP contribution < -0.4 is 10.0 Å². The Morgan fingerprint density at radius 3 is 2.45 bits per heavy atom. The number of para-hydroxylation sites is 2. The van der Waals surface area contributed by atoms with Gasteiger partial charge in [-0.2, -0.15) is 0 Å². The third-order valence-electron chi connectivity index (χ3n) is 3.83. The van der Waals surface area contributed by atoms with E-state index in [1.54, 1.807) is 36.5 Å². The lowest BCUT2D eigenvalue weighted by Gasteiger charge is -2.14. The number of nitrogens with one attached hydrogen (secondary N) is 2. The number of rotatable bonds is 7. The first-order valence-corrected chi connectivity index (χ1v) is 11.1. The highest BCUT2D eigenvalue weighted by Gasteiger charge is 2.17.